The van der Waals surface area contributed by atoms with E-state index in [0.29, 0.717) is 26.7 Å². The number of rotatable bonds is 8. The van der Waals surface area contributed by atoms with Gasteiger partial charge < -0.3 is 15.2 Å². The Balaban J connectivity index is 2.20. The van der Waals surface area contributed by atoms with E-state index in [0.717, 1.165) is 11.1 Å². The maximum absolute atomic E-state index is 14.8. The summed E-state index contributed by atoms with van der Waals surface area (Å²) >= 11 is 6.84. The van der Waals surface area contributed by atoms with Gasteiger partial charge in [0.15, 0.2) is 5.82 Å². The van der Waals surface area contributed by atoms with E-state index in [1.165, 1.54) is 0 Å². The normalized spacial score (nSPS) is 10.9. The number of hydrogen-bond donors (Lipinski definition) is 2. The highest BCUT2D eigenvalue weighted by atomic mass is 79.9. The second-order valence-corrected chi connectivity index (χ2v) is 8.71. The van der Waals surface area contributed by atoms with Gasteiger partial charge in [0.25, 0.3) is 0 Å². The van der Waals surface area contributed by atoms with Crippen molar-refractivity contribution in [2.24, 2.45) is 5.92 Å². The molecule has 2 aromatic carbocycles. The van der Waals surface area contributed by atoms with Crippen LogP contribution in [0.1, 0.15) is 37.0 Å². The Labute approximate surface area is 185 Å². The SMILES string of the molecule is Cc1cc(COc2c(Br)cc(CCC(=O)O)cc2Br)c(F)c(NC(=O)C(C)C)c1. The Hall–Kier alpha value is -1.93. The standard InChI is InChI=1S/C21H22Br2FNO4/c1-11(2)21(28)25-17-7-12(3)6-14(19(17)24)10-29-20-15(22)8-13(9-16(20)23)4-5-18(26)27/h6-9,11H,4-5,10H2,1-3H3,(H,25,28)(H,26,27). The van der Waals surface area contributed by atoms with Crippen molar-refractivity contribution in [1.29, 1.82) is 0 Å². The molecule has 0 aliphatic carbocycles. The van der Waals surface area contributed by atoms with Crippen LogP contribution >= 0.6 is 31.9 Å². The Bertz CT molecular complexity index is 908. The van der Waals surface area contributed by atoms with Crippen LogP contribution in [0.4, 0.5) is 10.1 Å². The number of aryl methyl sites for hydroxylation is 2. The predicted octanol–water partition coefficient (Wildman–Crippen LogP) is 5.85. The van der Waals surface area contributed by atoms with E-state index < -0.39 is 11.8 Å². The average molecular weight is 531 g/mol. The Morgan fingerprint density at radius 3 is 2.34 bits per heavy atom. The van der Waals surface area contributed by atoms with Gasteiger partial charge in [0.05, 0.1) is 14.6 Å². The van der Waals surface area contributed by atoms with Crippen molar-refractivity contribution in [3.8, 4) is 5.75 Å². The number of ether oxygens (including phenoxy) is 1. The van der Waals surface area contributed by atoms with E-state index in [1.54, 1.807) is 38.1 Å². The third-order valence-corrected chi connectivity index (χ3v) is 5.31. The fourth-order valence-corrected chi connectivity index (χ4v) is 4.12. The van der Waals surface area contributed by atoms with Crippen LogP contribution in [0.15, 0.2) is 33.2 Å². The molecule has 2 rings (SSSR count). The molecule has 0 bridgehead atoms. The molecule has 29 heavy (non-hydrogen) atoms. The van der Waals surface area contributed by atoms with Crippen LogP contribution < -0.4 is 10.1 Å². The highest BCUT2D eigenvalue weighted by molar-refractivity contribution is 9.11. The van der Waals surface area contributed by atoms with Crippen molar-refractivity contribution in [2.75, 3.05) is 5.32 Å². The van der Waals surface area contributed by atoms with Crippen LogP contribution in [0.3, 0.4) is 0 Å². The van der Waals surface area contributed by atoms with Crippen molar-refractivity contribution in [3.05, 3.63) is 55.7 Å². The zero-order valence-corrected chi connectivity index (χ0v) is 19.5. The van der Waals surface area contributed by atoms with Crippen molar-refractivity contribution in [1.82, 2.24) is 0 Å². The van der Waals surface area contributed by atoms with Gasteiger partial charge in [0, 0.05) is 17.9 Å². The highest BCUT2D eigenvalue weighted by Gasteiger charge is 2.16. The molecule has 0 saturated heterocycles. The van der Waals surface area contributed by atoms with Gasteiger partial charge in [-0.25, -0.2) is 4.39 Å². The number of hydrogen-bond acceptors (Lipinski definition) is 3. The van der Waals surface area contributed by atoms with Crippen molar-refractivity contribution in [2.45, 2.75) is 40.2 Å². The summed E-state index contributed by atoms with van der Waals surface area (Å²) in [5, 5.41) is 11.4. The molecule has 0 aliphatic heterocycles. The smallest absolute Gasteiger partial charge is 0.303 e. The summed E-state index contributed by atoms with van der Waals surface area (Å²) in [6.45, 7) is 5.26. The third kappa shape index (κ3) is 6.54. The molecule has 0 aromatic heterocycles. The second kappa shape index (κ2) is 10.2. The molecule has 2 N–H and O–H groups in total. The molecular weight excluding hydrogens is 509 g/mol. The number of halogens is 3. The fourth-order valence-electron chi connectivity index (χ4n) is 2.61. The molecular formula is C21H22Br2FNO4. The molecule has 2 aromatic rings. The van der Waals surface area contributed by atoms with E-state index >= 15 is 0 Å². The summed E-state index contributed by atoms with van der Waals surface area (Å²) in [6.07, 6.45) is 0.413. The summed E-state index contributed by atoms with van der Waals surface area (Å²) in [5.41, 5.74) is 2.08. The molecule has 0 heterocycles. The summed E-state index contributed by atoms with van der Waals surface area (Å²) in [5.74, 6) is -1.44. The molecule has 1 amide bonds. The van der Waals surface area contributed by atoms with Crippen LogP contribution in [0.25, 0.3) is 0 Å². The number of carboxylic acids is 1. The Morgan fingerprint density at radius 1 is 1.17 bits per heavy atom. The van der Waals surface area contributed by atoms with Crippen molar-refractivity contribution in [3.63, 3.8) is 0 Å². The van der Waals surface area contributed by atoms with E-state index in [4.69, 9.17) is 9.84 Å². The lowest BCUT2D eigenvalue weighted by Gasteiger charge is -2.15. The fraction of sp³-hybridized carbons (Fsp3) is 0.333. The van der Waals surface area contributed by atoms with Crippen molar-refractivity contribution >= 4 is 49.4 Å². The maximum Gasteiger partial charge on any atom is 0.303 e. The highest BCUT2D eigenvalue weighted by Crippen LogP contribution is 2.36. The first-order valence-corrected chi connectivity index (χ1v) is 10.6. The predicted molar refractivity (Wildman–Crippen MR) is 117 cm³/mol. The topological polar surface area (TPSA) is 75.6 Å². The molecule has 5 nitrogen and oxygen atoms in total. The molecule has 8 heteroatoms. The number of carbonyl (C=O) groups is 2. The first-order valence-electron chi connectivity index (χ1n) is 9.01. The van der Waals surface area contributed by atoms with Crippen LogP contribution in [-0.4, -0.2) is 17.0 Å². The third-order valence-electron chi connectivity index (χ3n) is 4.13. The van der Waals surface area contributed by atoms with Crippen LogP contribution in [0.5, 0.6) is 5.75 Å². The molecule has 0 aliphatic rings. The van der Waals surface area contributed by atoms with E-state index in [2.05, 4.69) is 37.2 Å². The lowest BCUT2D eigenvalue weighted by Crippen LogP contribution is -2.19. The number of carbonyl (C=O) groups excluding carboxylic acids is 1. The minimum Gasteiger partial charge on any atom is -0.486 e. The maximum atomic E-state index is 14.8. The molecule has 0 radical (unpaired) electrons. The number of nitrogens with one attached hydrogen (secondary N) is 1. The number of benzene rings is 2. The van der Waals surface area contributed by atoms with Gasteiger partial charge in [-0.1, -0.05) is 13.8 Å². The van der Waals surface area contributed by atoms with Crippen molar-refractivity contribution < 1.29 is 23.8 Å². The first kappa shape index (κ1) is 23.3. The summed E-state index contributed by atoms with van der Waals surface area (Å²) in [7, 11) is 0. The molecule has 0 spiro atoms. The van der Waals surface area contributed by atoms with Gasteiger partial charge in [0.2, 0.25) is 5.91 Å². The Morgan fingerprint density at radius 2 is 1.79 bits per heavy atom. The van der Waals surface area contributed by atoms with Gasteiger partial charge in [-0.15, -0.1) is 0 Å². The van der Waals surface area contributed by atoms with Crippen LogP contribution in [0.2, 0.25) is 0 Å². The quantitative estimate of drug-likeness (QED) is 0.449. The summed E-state index contributed by atoms with van der Waals surface area (Å²) in [6, 6.07) is 6.82. The zero-order valence-electron chi connectivity index (χ0n) is 16.3. The molecule has 0 unspecified atom stereocenters. The molecule has 0 atom stereocenters. The van der Waals surface area contributed by atoms with E-state index in [9.17, 15) is 14.0 Å². The number of anilines is 1. The number of amides is 1. The second-order valence-electron chi connectivity index (χ2n) is 7.00. The molecule has 0 fully saturated rings. The Kier molecular flexibility index (Phi) is 8.22. The number of carboxylic acid groups (broad SMARTS) is 1. The minimum absolute atomic E-state index is 0.0263. The first-order chi connectivity index (χ1) is 13.6. The molecule has 156 valence electrons. The minimum atomic E-state index is -0.868. The summed E-state index contributed by atoms with van der Waals surface area (Å²) < 4.78 is 21.9. The van der Waals surface area contributed by atoms with Gasteiger partial charge in [-0.05, 0) is 80.6 Å². The largest absolute Gasteiger partial charge is 0.486 e. The lowest BCUT2D eigenvalue weighted by atomic mass is 10.1. The lowest BCUT2D eigenvalue weighted by molar-refractivity contribution is -0.137. The zero-order chi connectivity index (χ0) is 21.7. The van der Waals surface area contributed by atoms with Crippen LogP contribution in [-0.2, 0) is 22.6 Å². The van der Waals surface area contributed by atoms with Gasteiger partial charge >= 0.3 is 5.97 Å². The van der Waals surface area contributed by atoms with Gasteiger partial charge in [-0.2, -0.15) is 0 Å². The number of aliphatic carboxylic acids is 1. The van der Waals surface area contributed by atoms with E-state index in [1.807, 2.05) is 6.92 Å². The molecule has 0 saturated carbocycles. The summed E-state index contributed by atoms with van der Waals surface area (Å²) in [4.78, 5) is 22.7. The van der Waals surface area contributed by atoms with Gasteiger partial charge in [-0.3, -0.25) is 9.59 Å². The average Bonchev–Trinajstić information content (AvgIpc) is 2.62. The monoisotopic (exact) mass is 529 g/mol. The van der Waals surface area contributed by atoms with E-state index in [-0.39, 0.29) is 30.5 Å². The van der Waals surface area contributed by atoms with Crippen LogP contribution in [0, 0.1) is 18.7 Å². The van der Waals surface area contributed by atoms with Gasteiger partial charge in [0.1, 0.15) is 12.4 Å².